The van der Waals surface area contributed by atoms with Crippen LogP contribution in [0.5, 0.6) is 0 Å². The van der Waals surface area contributed by atoms with Gasteiger partial charge in [-0.15, -0.1) is 10.2 Å². The summed E-state index contributed by atoms with van der Waals surface area (Å²) in [5.74, 6) is 0.445. The molecule has 2 aromatic carbocycles. The Labute approximate surface area is 155 Å². The summed E-state index contributed by atoms with van der Waals surface area (Å²) in [4.78, 5) is 25.5. The lowest BCUT2D eigenvalue weighted by Crippen LogP contribution is -2.29. The fourth-order valence-corrected chi connectivity index (χ4v) is 3.19. The number of nitrogens with one attached hydrogen (secondary N) is 1. The summed E-state index contributed by atoms with van der Waals surface area (Å²) in [6.07, 6.45) is 0.655. The minimum atomic E-state index is -0.333. The molecule has 0 saturated heterocycles. The van der Waals surface area contributed by atoms with E-state index >= 15 is 0 Å². The van der Waals surface area contributed by atoms with Crippen LogP contribution in [0, 0.1) is 6.92 Å². The standard InChI is InChI=1S/C20H19N5O2/c1-3-17-22-23-19-20(27)24(15-6-4-5-7-16(15)25(17)19)12-18(26)21-14-10-8-13(2)9-11-14/h4-11H,3,12H2,1-2H3,(H,21,26). The van der Waals surface area contributed by atoms with E-state index in [1.807, 2.05) is 62.4 Å². The number of anilines is 1. The average molecular weight is 361 g/mol. The zero-order valence-electron chi connectivity index (χ0n) is 15.1. The van der Waals surface area contributed by atoms with Gasteiger partial charge >= 0.3 is 0 Å². The van der Waals surface area contributed by atoms with Gasteiger partial charge < -0.3 is 5.32 Å². The number of amides is 1. The zero-order valence-corrected chi connectivity index (χ0v) is 15.1. The van der Waals surface area contributed by atoms with Crippen molar-refractivity contribution >= 4 is 28.3 Å². The lowest BCUT2D eigenvalue weighted by Gasteiger charge is -2.12. The lowest BCUT2D eigenvalue weighted by molar-refractivity contribution is -0.116. The quantitative estimate of drug-likeness (QED) is 0.606. The van der Waals surface area contributed by atoms with Gasteiger partial charge in [0, 0.05) is 12.1 Å². The molecule has 0 fully saturated rings. The third-order valence-electron chi connectivity index (χ3n) is 4.53. The van der Waals surface area contributed by atoms with Crippen LogP contribution in [0.3, 0.4) is 0 Å². The van der Waals surface area contributed by atoms with Gasteiger partial charge in [0.05, 0.1) is 11.0 Å². The molecule has 0 atom stereocenters. The van der Waals surface area contributed by atoms with E-state index in [0.29, 0.717) is 17.6 Å². The number of aryl methyl sites for hydroxylation is 2. The summed E-state index contributed by atoms with van der Waals surface area (Å²) < 4.78 is 3.22. The normalized spacial score (nSPS) is 11.2. The number of benzene rings is 2. The Morgan fingerprint density at radius 3 is 2.44 bits per heavy atom. The summed E-state index contributed by atoms with van der Waals surface area (Å²) >= 11 is 0. The summed E-state index contributed by atoms with van der Waals surface area (Å²) in [5, 5.41) is 11.0. The minimum absolute atomic E-state index is 0.0992. The van der Waals surface area contributed by atoms with Gasteiger partial charge in [-0.05, 0) is 31.2 Å². The van der Waals surface area contributed by atoms with E-state index < -0.39 is 0 Å². The molecule has 1 N–H and O–H groups in total. The number of para-hydroxylation sites is 2. The topological polar surface area (TPSA) is 81.3 Å². The molecule has 136 valence electrons. The van der Waals surface area contributed by atoms with Crippen molar-refractivity contribution < 1.29 is 4.79 Å². The molecule has 7 nitrogen and oxygen atoms in total. The highest BCUT2D eigenvalue weighted by molar-refractivity contribution is 5.91. The van der Waals surface area contributed by atoms with Gasteiger partial charge in [0.25, 0.3) is 5.56 Å². The third kappa shape index (κ3) is 2.97. The van der Waals surface area contributed by atoms with Crippen LogP contribution >= 0.6 is 0 Å². The predicted octanol–water partition coefficient (Wildman–Crippen LogP) is 2.55. The molecular weight excluding hydrogens is 342 g/mol. The van der Waals surface area contributed by atoms with E-state index in [1.54, 1.807) is 4.40 Å². The van der Waals surface area contributed by atoms with Gasteiger partial charge in [-0.1, -0.05) is 36.8 Å². The van der Waals surface area contributed by atoms with Crippen molar-refractivity contribution in [2.24, 2.45) is 0 Å². The van der Waals surface area contributed by atoms with Crippen LogP contribution in [0.25, 0.3) is 16.7 Å². The predicted molar refractivity (Wildman–Crippen MR) is 104 cm³/mol. The minimum Gasteiger partial charge on any atom is -0.325 e. The Morgan fingerprint density at radius 2 is 1.74 bits per heavy atom. The van der Waals surface area contributed by atoms with Crippen molar-refractivity contribution in [3.8, 4) is 0 Å². The van der Waals surface area contributed by atoms with Gasteiger partial charge in [-0.3, -0.25) is 18.6 Å². The molecule has 0 saturated carbocycles. The molecule has 0 unspecified atom stereocenters. The summed E-state index contributed by atoms with van der Waals surface area (Å²) in [7, 11) is 0. The highest BCUT2D eigenvalue weighted by Crippen LogP contribution is 2.16. The second kappa shape index (κ2) is 6.68. The number of aromatic nitrogens is 4. The fraction of sp³-hybridized carbons (Fsp3) is 0.200. The first-order valence-corrected chi connectivity index (χ1v) is 8.80. The van der Waals surface area contributed by atoms with Crippen molar-refractivity contribution in [3.63, 3.8) is 0 Å². The number of carbonyl (C=O) groups is 1. The molecule has 0 aliphatic carbocycles. The van der Waals surface area contributed by atoms with Crippen LogP contribution in [0.2, 0.25) is 0 Å². The van der Waals surface area contributed by atoms with E-state index in [-0.39, 0.29) is 23.7 Å². The maximum atomic E-state index is 13.0. The summed E-state index contributed by atoms with van der Waals surface area (Å²) in [6, 6.07) is 15.0. The highest BCUT2D eigenvalue weighted by Gasteiger charge is 2.17. The number of carbonyl (C=O) groups excluding carboxylic acids is 1. The van der Waals surface area contributed by atoms with Crippen molar-refractivity contribution in [1.29, 1.82) is 0 Å². The molecule has 2 aromatic heterocycles. The molecule has 0 aliphatic rings. The van der Waals surface area contributed by atoms with E-state index in [1.165, 1.54) is 4.57 Å². The number of nitrogens with zero attached hydrogens (tertiary/aromatic N) is 4. The van der Waals surface area contributed by atoms with E-state index in [2.05, 4.69) is 15.5 Å². The largest absolute Gasteiger partial charge is 0.325 e. The van der Waals surface area contributed by atoms with Crippen molar-refractivity contribution in [1.82, 2.24) is 19.2 Å². The molecule has 0 bridgehead atoms. The van der Waals surface area contributed by atoms with Gasteiger partial charge in [0.2, 0.25) is 11.6 Å². The van der Waals surface area contributed by atoms with Crippen molar-refractivity contribution in [3.05, 3.63) is 70.3 Å². The van der Waals surface area contributed by atoms with Crippen LogP contribution in [0.4, 0.5) is 5.69 Å². The number of fused-ring (bicyclic) bond motifs is 3. The van der Waals surface area contributed by atoms with Crippen molar-refractivity contribution in [2.45, 2.75) is 26.8 Å². The summed E-state index contributed by atoms with van der Waals surface area (Å²) in [5.41, 5.74) is 3.17. The molecule has 4 aromatic rings. The first kappa shape index (κ1) is 17.0. The molecule has 2 heterocycles. The van der Waals surface area contributed by atoms with Crippen molar-refractivity contribution in [2.75, 3.05) is 5.32 Å². The van der Waals surface area contributed by atoms with Crippen LogP contribution in [-0.2, 0) is 17.8 Å². The van der Waals surface area contributed by atoms with Gasteiger partial charge in [0.1, 0.15) is 12.4 Å². The Balaban J connectivity index is 1.79. The molecule has 27 heavy (non-hydrogen) atoms. The zero-order chi connectivity index (χ0) is 19.0. The second-order valence-corrected chi connectivity index (χ2v) is 6.42. The molecule has 0 spiro atoms. The molecule has 1 amide bonds. The summed E-state index contributed by atoms with van der Waals surface area (Å²) in [6.45, 7) is 3.85. The van der Waals surface area contributed by atoms with Crippen LogP contribution in [0.15, 0.2) is 53.3 Å². The first-order valence-electron chi connectivity index (χ1n) is 8.80. The average Bonchev–Trinajstić information content (AvgIpc) is 3.11. The maximum Gasteiger partial charge on any atom is 0.297 e. The van der Waals surface area contributed by atoms with Crippen LogP contribution in [0.1, 0.15) is 18.3 Å². The van der Waals surface area contributed by atoms with E-state index in [9.17, 15) is 9.59 Å². The Hall–Kier alpha value is -3.48. The van der Waals surface area contributed by atoms with Gasteiger partial charge in [0.15, 0.2) is 0 Å². The highest BCUT2D eigenvalue weighted by atomic mass is 16.2. The Kier molecular flexibility index (Phi) is 4.19. The molecule has 7 heteroatoms. The number of rotatable bonds is 4. The fourth-order valence-electron chi connectivity index (χ4n) is 3.19. The third-order valence-corrected chi connectivity index (χ3v) is 4.53. The second-order valence-electron chi connectivity index (χ2n) is 6.42. The number of hydrogen-bond donors (Lipinski definition) is 1. The number of hydrogen-bond acceptors (Lipinski definition) is 4. The van der Waals surface area contributed by atoms with Crippen LogP contribution < -0.4 is 10.9 Å². The molecular formula is C20H19N5O2. The first-order chi connectivity index (χ1) is 13.1. The SMILES string of the molecule is CCc1nnc2c(=O)n(CC(=O)Nc3ccc(C)cc3)c3ccccc3n12. The lowest BCUT2D eigenvalue weighted by atomic mass is 10.2. The maximum absolute atomic E-state index is 13.0. The monoisotopic (exact) mass is 361 g/mol. The molecule has 0 aliphatic heterocycles. The smallest absolute Gasteiger partial charge is 0.297 e. The van der Waals surface area contributed by atoms with Gasteiger partial charge in [-0.25, -0.2) is 0 Å². The Bertz CT molecular complexity index is 1200. The molecule has 0 radical (unpaired) electrons. The Morgan fingerprint density at radius 1 is 1.04 bits per heavy atom. The van der Waals surface area contributed by atoms with Crippen LogP contribution in [-0.4, -0.2) is 25.1 Å². The van der Waals surface area contributed by atoms with E-state index in [4.69, 9.17) is 0 Å². The molecule has 4 rings (SSSR count). The van der Waals surface area contributed by atoms with Gasteiger partial charge in [-0.2, -0.15) is 0 Å². The van der Waals surface area contributed by atoms with E-state index in [0.717, 1.165) is 16.9 Å².